The van der Waals surface area contributed by atoms with Crippen molar-refractivity contribution in [3.8, 4) is 0 Å². The van der Waals surface area contributed by atoms with Crippen molar-refractivity contribution in [1.29, 1.82) is 0 Å². The van der Waals surface area contributed by atoms with E-state index in [4.69, 9.17) is 4.74 Å². The maximum absolute atomic E-state index is 12.5. The van der Waals surface area contributed by atoms with Gasteiger partial charge in [-0.15, -0.1) is 0 Å². The number of hydrogen-bond donors (Lipinski definition) is 0. The molecule has 0 aromatic heterocycles. The highest BCUT2D eigenvalue weighted by Crippen LogP contribution is 2.17. The summed E-state index contributed by atoms with van der Waals surface area (Å²) in [5.41, 5.74) is 2.94. The molecule has 2 rings (SSSR count). The lowest BCUT2D eigenvalue weighted by Crippen LogP contribution is -2.56. The number of hydrogen-bond acceptors (Lipinski definition) is 2. The lowest BCUT2D eigenvalue weighted by Gasteiger charge is -2.28. The summed E-state index contributed by atoms with van der Waals surface area (Å²) < 4.78 is 5.32. The van der Waals surface area contributed by atoms with Crippen LogP contribution in [0.25, 0.3) is 0 Å². The number of rotatable bonds is 4. The molecule has 0 N–H and O–H groups in total. The highest BCUT2D eigenvalue weighted by molar-refractivity contribution is 7.01. The predicted molar refractivity (Wildman–Crippen MR) is 95.1 cm³/mol. The first-order chi connectivity index (χ1) is 10.4. The van der Waals surface area contributed by atoms with Gasteiger partial charge in [0.2, 0.25) is 0 Å². The molecular formula is C19H24O2Si. The van der Waals surface area contributed by atoms with Crippen molar-refractivity contribution in [2.75, 3.05) is 6.61 Å². The molecule has 0 amide bonds. The van der Waals surface area contributed by atoms with Gasteiger partial charge in [-0.1, -0.05) is 66.3 Å². The minimum Gasteiger partial charge on any atom is -0.462 e. The van der Waals surface area contributed by atoms with Crippen molar-refractivity contribution in [1.82, 2.24) is 0 Å². The Labute approximate surface area is 134 Å². The summed E-state index contributed by atoms with van der Waals surface area (Å²) in [4.78, 5) is 12.5. The zero-order valence-corrected chi connectivity index (χ0v) is 15.1. The van der Waals surface area contributed by atoms with Crippen LogP contribution >= 0.6 is 0 Å². The van der Waals surface area contributed by atoms with Crippen LogP contribution in [0.2, 0.25) is 13.1 Å². The fourth-order valence-corrected chi connectivity index (χ4v) is 6.39. The Bertz CT molecular complexity index is 675. The van der Waals surface area contributed by atoms with E-state index in [1.807, 2.05) is 26.0 Å². The van der Waals surface area contributed by atoms with Crippen molar-refractivity contribution in [2.45, 2.75) is 33.9 Å². The van der Waals surface area contributed by atoms with Gasteiger partial charge in [-0.3, -0.25) is 0 Å². The maximum atomic E-state index is 12.5. The zero-order valence-electron chi connectivity index (χ0n) is 14.1. The Morgan fingerprint density at radius 3 is 2.18 bits per heavy atom. The van der Waals surface area contributed by atoms with Gasteiger partial charge in [0.25, 0.3) is 0 Å². The van der Waals surface area contributed by atoms with E-state index >= 15 is 0 Å². The Morgan fingerprint density at radius 1 is 1.00 bits per heavy atom. The van der Waals surface area contributed by atoms with Gasteiger partial charge in [-0.25, -0.2) is 4.79 Å². The molecule has 3 heteroatoms. The lowest BCUT2D eigenvalue weighted by atomic mass is 10.1. The third-order valence-corrected chi connectivity index (χ3v) is 7.89. The first kappa shape index (κ1) is 16.5. The summed E-state index contributed by atoms with van der Waals surface area (Å²) in [6.45, 7) is 10.9. The summed E-state index contributed by atoms with van der Waals surface area (Å²) in [5.74, 6) is -0.199. The van der Waals surface area contributed by atoms with Crippen LogP contribution in [-0.4, -0.2) is 20.7 Å². The number of carbonyl (C=O) groups is 1. The van der Waals surface area contributed by atoms with Crippen molar-refractivity contribution >= 4 is 24.4 Å². The fourth-order valence-electron chi connectivity index (χ4n) is 3.08. The molecule has 116 valence electrons. The van der Waals surface area contributed by atoms with E-state index < -0.39 is 8.07 Å². The third-order valence-electron chi connectivity index (χ3n) is 4.22. The summed E-state index contributed by atoms with van der Waals surface area (Å²) in [5, 5.41) is 2.52. The molecule has 22 heavy (non-hydrogen) atoms. The van der Waals surface area contributed by atoms with E-state index in [1.54, 1.807) is 0 Å². The molecule has 0 aliphatic carbocycles. The molecule has 0 saturated carbocycles. The molecule has 0 saturated heterocycles. The molecular weight excluding hydrogens is 288 g/mol. The summed E-state index contributed by atoms with van der Waals surface area (Å²) in [6.07, 6.45) is 0. The van der Waals surface area contributed by atoms with Gasteiger partial charge in [0.05, 0.1) is 12.2 Å². The van der Waals surface area contributed by atoms with Gasteiger partial charge in [0, 0.05) is 0 Å². The smallest absolute Gasteiger partial charge is 0.338 e. The zero-order chi connectivity index (χ0) is 16.3. The fraction of sp³-hybridized carbons (Fsp3) is 0.316. The van der Waals surface area contributed by atoms with E-state index in [9.17, 15) is 4.79 Å². The molecule has 0 fully saturated rings. The largest absolute Gasteiger partial charge is 0.462 e. The van der Waals surface area contributed by atoms with Crippen LogP contribution in [0, 0.1) is 13.8 Å². The molecule has 0 spiro atoms. The number of carbonyl (C=O) groups excluding carboxylic acids is 1. The normalized spacial score (nSPS) is 11.3. The van der Waals surface area contributed by atoms with E-state index in [1.165, 1.54) is 15.9 Å². The summed E-state index contributed by atoms with van der Waals surface area (Å²) in [6, 6.07) is 14.6. The van der Waals surface area contributed by atoms with Crippen LogP contribution < -0.4 is 10.4 Å². The molecule has 0 unspecified atom stereocenters. The van der Waals surface area contributed by atoms with Crippen LogP contribution in [0.3, 0.4) is 0 Å². The van der Waals surface area contributed by atoms with E-state index in [-0.39, 0.29) is 5.97 Å². The third kappa shape index (κ3) is 3.00. The van der Waals surface area contributed by atoms with Crippen molar-refractivity contribution in [3.63, 3.8) is 0 Å². The van der Waals surface area contributed by atoms with Crippen LogP contribution in [0.15, 0.2) is 42.5 Å². The number of ether oxygens (including phenoxy) is 1. The molecule has 2 nitrogen and oxygen atoms in total. The molecule has 0 heterocycles. The average molecular weight is 312 g/mol. The minimum absolute atomic E-state index is 0.199. The first-order valence-electron chi connectivity index (χ1n) is 7.73. The number of esters is 1. The molecule has 0 radical (unpaired) electrons. The second-order valence-corrected chi connectivity index (χ2v) is 10.5. The quantitative estimate of drug-likeness (QED) is 0.639. The molecule has 2 aromatic carbocycles. The van der Waals surface area contributed by atoms with Gasteiger partial charge in [-0.2, -0.15) is 0 Å². The predicted octanol–water partition coefficient (Wildman–Crippen LogP) is 3.30. The van der Waals surface area contributed by atoms with Crippen molar-refractivity contribution < 1.29 is 9.53 Å². The van der Waals surface area contributed by atoms with Gasteiger partial charge >= 0.3 is 5.97 Å². The molecule has 0 bridgehead atoms. The van der Waals surface area contributed by atoms with Crippen molar-refractivity contribution in [2.24, 2.45) is 0 Å². The Balaban J connectivity index is 2.69. The van der Waals surface area contributed by atoms with Gasteiger partial charge in [-0.05, 0) is 31.5 Å². The lowest BCUT2D eigenvalue weighted by molar-refractivity contribution is 0.0527. The standard InChI is InChI=1S/C19H24O2Si/c1-6-21-19(20)17-14(2)12-13-15(3)18(17)22(4,5)16-10-8-7-9-11-16/h7-13H,6H2,1-5H3. The second-order valence-electron chi connectivity index (χ2n) is 6.16. The molecule has 2 aromatic rings. The topological polar surface area (TPSA) is 26.3 Å². The molecule has 0 atom stereocenters. The van der Waals surface area contributed by atoms with Crippen LogP contribution in [0.1, 0.15) is 28.4 Å². The highest BCUT2D eigenvalue weighted by Gasteiger charge is 2.33. The SMILES string of the molecule is CCOC(=O)c1c(C)ccc(C)c1[Si](C)(C)c1ccccc1. The summed E-state index contributed by atoms with van der Waals surface area (Å²) >= 11 is 0. The van der Waals surface area contributed by atoms with E-state index in [2.05, 4.69) is 50.3 Å². The second kappa shape index (κ2) is 6.49. The van der Waals surface area contributed by atoms with Gasteiger partial charge in [0.1, 0.15) is 8.07 Å². The highest BCUT2D eigenvalue weighted by atomic mass is 28.3. The van der Waals surface area contributed by atoms with Gasteiger partial charge < -0.3 is 4.74 Å². The van der Waals surface area contributed by atoms with Crippen molar-refractivity contribution in [3.05, 3.63) is 59.2 Å². The molecule has 0 aliphatic heterocycles. The Morgan fingerprint density at radius 2 is 1.59 bits per heavy atom. The van der Waals surface area contributed by atoms with E-state index in [0.29, 0.717) is 6.61 Å². The Hall–Kier alpha value is -1.87. The van der Waals surface area contributed by atoms with Crippen LogP contribution in [-0.2, 0) is 4.74 Å². The van der Waals surface area contributed by atoms with Crippen LogP contribution in [0.5, 0.6) is 0 Å². The minimum atomic E-state index is -1.97. The molecule has 0 aliphatic rings. The van der Waals surface area contributed by atoms with Crippen LogP contribution in [0.4, 0.5) is 0 Å². The number of benzene rings is 2. The average Bonchev–Trinajstić information content (AvgIpc) is 2.50. The Kier molecular flexibility index (Phi) is 4.86. The maximum Gasteiger partial charge on any atom is 0.338 e. The monoisotopic (exact) mass is 312 g/mol. The van der Waals surface area contributed by atoms with E-state index in [0.717, 1.165) is 11.1 Å². The first-order valence-corrected chi connectivity index (χ1v) is 10.7. The van der Waals surface area contributed by atoms with Gasteiger partial charge in [0.15, 0.2) is 0 Å². The summed E-state index contributed by atoms with van der Waals surface area (Å²) in [7, 11) is -1.97. The number of aryl methyl sites for hydroxylation is 2.